The summed E-state index contributed by atoms with van der Waals surface area (Å²) in [7, 11) is 0. The normalized spacial score (nSPS) is 25.5. The number of aromatic nitrogens is 2. The summed E-state index contributed by atoms with van der Waals surface area (Å²) in [6.07, 6.45) is 3.22. The van der Waals surface area contributed by atoms with Crippen molar-refractivity contribution in [2.45, 2.75) is 64.7 Å². The highest BCUT2D eigenvalue weighted by atomic mass is 79.9. The minimum Gasteiger partial charge on any atom is -0.390 e. The van der Waals surface area contributed by atoms with Gasteiger partial charge in [-0.3, -0.25) is 4.68 Å². The van der Waals surface area contributed by atoms with Gasteiger partial charge >= 0.3 is 0 Å². The Morgan fingerprint density at radius 2 is 2.26 bits per heavy atom. The Morgan fingerprint density at radius 1 is 1.53 bits per heavy atom. The van der Waals surface area contributed by atoms with Crippen LogP contribution < -0.4 is 0 Å². The molecule has 0 spiro atoms. The Labute approximate surface area is 123 Å². The molecule has 0 bridgehead atoms. The van der Waals surface area contributed by atoms with Crippen molar-refractivity contribution < 1.29 is 9.84 Å². The van der Waals surface area contributed by atoms with E-state index in [-0.39, 0.29) is 0 Å². The van der Waals surface area contributed by atoms with E-state index < -0.39 is 11.7 Å². The fraction of sp³-hybridized carbons (Fsp3) is 0.786. The molecule has 1 aliphatic heterocycles. The van der Waals surface area contributed by atoms with E-state index in [0.29, 0.717) is 6.42 Å². The summed E-state index contributed by atoms with van der Waals surface area (Å²) in [6, 6.07) is 0. The summed E-state index contributed by atoms with van der Waals surface area (Å²) in [5.41, 5.74) is 1.61. The van der Waals surface area contributed by atoms with E-state index in [1.54, 1.807) is 0 Å². The van der Waals surface area contributed by atoms with Crippen LogP contribution in [-0.2, 0) is 17.7 Å². The predicted molar refractivity (Wildman–Crippen MR) is 78.3 cm³/mol. The molecule has 1 aromatic rings. The molecule has 108 valence electrons. The highest BCUT2D eigenvalue weighted by molar-refractivity contribution is 9.10. The van der Waals surface area contributed by atoms with Gasteiger partial charge in [-0.05, 0) is 56.0 Å². The van der Waals surface area contributed by atoms with Gasteiger partial charge < -0.3 is 9.84 Å². The van der Waals surface area contributed by atoms with Crippen molar-refractivity contribution in [2.75, 3.05) is 6.61 Å². The maximum Gasteiger partial charge on any atom is 0.0916 e. The lowest BCUT2D eigenvalue weighted by atomic mass is 9.88. The second kappa shape index (κ2) is 5.94. The molecule has 2 unspecified atom stereocenters. The molecule has 5 heteroatoms. The molecule has 2 atom stereocenters. The van der Waals surface area contributed by atoms with Gasteiger partial charge in [0.05, 0.1) is 27.6 Å². The number of halogens is 1. The predicted octanol–water partition coefficient (Wildman–Crippen LogP) is 2.84. The van der Waals surface area contributed by atoms with Crippen molar-refractivity contribution in [1.29, 1.82) is 0 Å². The van der Waals surface area contributed by atoms with Crippen LogP contribution in [0.1, 0.15) is 44.5 Å². The topological polar surface area (TPSA) is 47.3 Å². The molecule has 0 radical (unpaired) electrons. The van der Waals surface area contributed by atoms with Crippen LogP contribution in [0.2, 0.25) is 0 Å². The molecule has 1 aromatic heterocycles. The van der Waals surface area contributed by atoms with Crippen LogP contribution in [0.15, 0.2) is 4.47 Å². The molecule has 2 heterocycles. The molecule has 1 saturated heterocycles. The van der Waals surface area contributed by atoms with Gasteiger partial charge in [-0.25, -0.2) is 0 Å². The molecule has 4 nitrogen and oxygen atoms in total. The number of aliphatic hydroxyl groups excluding tert-OH is 1. The third-order valence-corrected chi connectivity index (χ3v) is 5.08. The molecule has 19 heavy (non-hydrogen) atoms. The summed E-state index contributed by atoms with van der Waals surface area (Å²) < 4.78 is 8.79. The third-order valence-electron chi connectivity index (χ3n) is 4.04. The number of aryl methyl sites for hydroxylation is 2. The van der Waals surface area contributed by atoms with Crippen LogP contribution >= 0.6 is 15.9 Å². The fourth-order valence-corrected chi connectivity index (χ4v) is 3.13. The minimum absolute atomic E-state index is 0.422. The summed E-state index contributed by atoms with van der Waals surface area (Å²) in [4.78, 5) is 0. The minimum atomic E-state index is -0.495. The molecule has 2 rings (SSSR count). The lowest BCUT2D eigenvalue weighted by Gasteiger charge is -2.38. The average molecular weight is 331 g/mol. The lowest BCUT2D eigenvalue weighted by Crippen LogP contribution is -2.46. The number of rotatable bonds is 4. The Hall–Kier alpha value is -0.390. The van der Waals surface area contributed by atoms with E-state index >= 15 is 0 Å². The molecule has 1 N–H and O–H groups in total. The average Bonchev–Trinajstić information content (AvgIpc) is 2.67. The van der Waals surface area contributed by atoms with Crippen LogP contribution in [0.25, 0.3) is 0 Å². The standard InChI is InChI=1S/C14H23BrN2O2/c1-4-17-11(13(15)10(2)16-17)9-12(18)14(3)7-5-6-8-19-14/h12,18H,4-9H2,1-3H3. The van der Waals surface area contributed by atoms with Gasteiger partial charge in [0.1, 0.15) is 0 Å². The van der Waals surface area contributed by atoms with Crippen LogP contribution in [0.5, 0.6) is 0 Å². The van der Waals surface area contributed by atoms with E-state index in [1.165, 1.54) is 0 Å². The largest absolute Gasteiger partial charge is 0.390 e. The first-order valence-corrected chi connectivity index (χ1v) is 7.81. The first-order chi connectivity index (χ1) is 8.98. The van der Waals surface area contributed by atoms with Gasteiger partial charge in [0, 0.05) is 19.6 Å². The number of ether oxygens (including phenoxy) is 1. The van der Waals surface area contributed by atoms with Crippen LogP contribution in [0, 0.1) is 6.92 Å². The zero-order valence-electron chi connectivity index (χ0n) is 11.9. The van der Waals surface area contributed by atoms with Crippen molar-refractivity contribution >= 4 is 15.9 Å². The summed E-state index contributed by atoms with van der Waals surface area (Å²) in [6.45, 7) is 7.62. The van der Waals surface area contributed by atoms with Crippen molar-refractivity contribution in [3.8, 4) is 0 Å². The van der Waals surface area contributed by atoms with E-state index in [1.807, 2.05) is 18.5 Å². The monoisotopic (exact) mass is 330 g/mol. The van der Waals surface area contributed by atoms with Crippen molar-refractivity contribution in [3.05, 3.63) is 15.9 Å². The Kier molecular flexibility index (Phi) is 4.69. The number of hydrogen-bond acceptors (Lipinski definition) is 3. The zero-order chi connectivity index (χ0) is 14.0. The second-order valence-corrected chi connectivity index (χ2v) is 6.29. The molecular formula is C14H23BrN2O2. The quantitative estimate of drug-likeness (QED) is 0.923. The Morgan fingerprint density at radius 3 is 2.84 bits per heavy atom. The van der Waals surface area contributed by atoms with Crippen LogP contribution in [0.3, 0.4) is 0 Å². The van der Waals surface area contributed by atoms with Crippen LogP contribution in [-0.4, -0.2) is 33.2 Å². The third kappa shape index (κ3) is 3.03. The van der Waals surface area contributed by atoms with Gasteiger partial charge in [0.25, 0.3) is 0 Å². The lowest BCUT2D eigenvalue weighted by molar-refractivity contribution is -0.135. The van der Waals surface area contributed by atoms with E-state index in [4.69, 9.17) is 4.74 Å². The maximum absolute atomic E-state index is 10.6. The summed E-state index contributed by atoms with van der Waals surface area (Å²) in [5.74, 6) is 0. The SMILES string of the molecule is CCn1nc(C)c(Br)c1CC(O)C1(C)CCCCO1. The van der Waals surface area contributed by atoms with Gasteiger partial charge in [-0.2, -0.15) is 5.10 Å². The summed E-state index contributed by atoms with van der Waals surface area (Å²) in [5, 5.41) is 15.0. The molecule has 1 fully saturated rings. The summed E-state index contributed by atoms with van der Waals surface area (Å²) >= 11 is 3.58. The highest BCUT2D eigenvalue weighted by Crippen LogP contribution is 2.31. The molecule has 0 aliphatic carbocycles. The van der Waals surface area contributed by atoms with E-state index in [0.717, 1.165) is 48.3 Å². The van der Waals surface area contributed by atoms with Gasteiger partial charge in [-0.1, -0.05) is 0 Å². The Balaban J connectivity index is 2.16. The van der Waals surface area contributed by atoms with Gasteiger partial charge in [0.2, 0.25) is 0 Å². The number of hydrogen-bond donors (Lipinski definition) is 1. The van der Waals surface area contributed by atoms with Crippen LogP contribution in [0.4, 0.5) is 0 Å². The van der Waals surface area contributed by atoms with Gasteiger partial charge in [-0.15, -0.1) is 0 Å². The Bertz CT molecular complexity index is 439. The van der Waals surface area contributed by atoms with Crippen molar-refractivity contribution in [2.24, 2.45) is 0 Å². The molecule has 0 saturated carbocycles. The second-order valence-electron chi connectivity index (χ2n) is 5.50. The molecule has 0 amide bonds. The fourth-order valence-electron chi connectivity index (χ4n) is 2.68. The first-order valence-electron chi connectivity index (χ1n) is 7.01. The van der Waals surface area contributed by atoms with Crippen molar-refractivity contribution in [1.82, 2.24) is 9.78 Å². The smallest absolute Gasteiger partial charge is 0.0916 e. The number of nitrogens with zero attached hydrogens (tertiary/aromatic N) is 2. The molecular weight excluding hydrogens is 308 g/mol. The molecule has 0 aromatic carbocycles. The van der Waals surface area contributed by atoms with E-state index in [9.17, 15) is 5.11 Å². The highest BCUT2D eigenvalue weighted by Gasteiger charge is 2.36. The zero-order valence-corrected chi connectivity index (χ0v) is 13.5. The molecule has 1 aliphatic rings. The van der Waals surface area contributed by atoms with Gasteiger partial charge in [0.15, 0.2) is 0 Å². The number of aliphatic hydroxyl groups is 1. The maximum atomic E-state index is 10.6. The van der Waals surface area contributed by atoms with E-state index in [2.05, 4.69) is 28.0 Å². The first kappa shape index (κ1) is 15.0. The van der Waals surface area contributed by atoms with Crippen molar-refractivity contribution in [3.63, 3.8) is 0 Å².